The molecule has 7 heteroatoms. The van der Waals surface area contributed by atoms with Crippen LogP contribution in [0.5, 0.6) is 23.0 Å². The lowest BCUT2D eigenvalue weighted by molar-refractivity contribution is 0.171. The Morgan fingerprint density at radius 3 is 2.64 bits per heavy atom. The van der Waals surface area contributed by atoms with Crippen LogP contribution >= 0.6 is 12.2 Å². The first-order valence-electron chi connectivity index (χ1n) is 9.60. The van der Waals surface area contributed by atoms with Gasteiger partial charge in [0, 0.05) is 13.1 Å². The molecule has 5 rings (SSSR count). The zero-order chi connectivity index (χ0) is 18.9. The zero-order valence-electron chi connectivity index (χ0n) is 15.5. The number of nitrogens with one attached hydrogen (secondary N) is 1. The molecule has 1 N–H and O–H groups in total. The number of hydrogen-bond acceptors (Lipinski definition) is 5. The quantitative estimate of drug-likeness (QED) is 0.796. The predicted octanol–water partition coefficient (Wildman–Crippen LogP) is 3.40. The second-order valence-corrected chi connectivity index (χ2v) is 7.49. The van der Waals surface area contributed by atoms with E-state index < -0.39 is 0 Å². The third kappa shape index (κ3) is 3.30. The average molecular weight is 398 g/mol. The Kier molecular flexibility index (Phi) is 4.60. The molecule has 0 unspecified atom stereocenters. The van der Waals surface area contributed by atoms with Gasteiger partial charge >= 0.3 is 0 Å². The van der Waals surface area contributed by atoms with Gasteiger partial charge in [0.15, 0.2) is 28.1 Å². The highest BCUT2D eigenvalue weighted by Gasteiger charge is 2.29. The fourth-order valence-electron chi connectivity index (χ4n) is 3.95. The Labute approximate surface area is 169 Å². The molecule has 3 aliphatic heterocycles. The van der Waals surface area contributed by atoms with Crippen LogP contribution < -0.4 is 24.3 Å². The van der Waals surface area contributed by atoms with E-state index in [9.17, 15) is 0 Å². The number of ether oxygens (including phenoxy) is 4. The number of hydrogen-bond donors (Lipinski definition) is 1. The van der Waals surface area contributed by atoms with Crippen molar-refractivity contribution in [3.8, 4) is 23.0 Å². The molecule has 0 bridgehead atoms. The summed E-state index contributed by atoms with van der Waals surface area (Å²) >= 11 is 5.71. The Balaban J connectivity index is 1.26. The van der Waals surface area contributed by atoms with Crippen LogP contribution in [0, 0.1) is 0 Å². The zero-order valence-corrected chi connectivity index (χ0v) is 16.3. The average Bonchev–Trinajstić information content (AvgIpc) is 3.40. The largest absolute Gasteiger partial charge is 0.486 e. The molecular weight excluding hydrogens is 376 g/mol. The first-order valence-corrected chi connectivity index (χ1v) is 10.0. The normalized spacial score (nSPS) is 19.6. The molecule has 3 heterocycles. The molecular formula is C21H22N2O4S. The topological polar surface area (TPSA) is 52.2 Å². The number of thiocarbonyl (C=S) groups is 1. The second-order valence-electron chi connectivity index (χ2n) is 7.10. The summed E-state index contributed by atoms with van der Waals surface area (Å²) in [5.74, 6) is 3.24. The van der Waals surface area contributed by atoms with Crippen LogP contribution in [-0.2, 0) is 6.54 Å². The van der Waals surface area contributed by atoms with Gasteiger partial charge in [0.2, 0.25) is 6.79 Å². The second kappa shape index (κ2) is 7.39. The van der Waals surface area contributed by atoms with Gasteiger partial charge in [-0.1, -0.05) is 12.1 Å². The molecule has 0 saturated carbocycles. The van der Waals surface area contributed by atoms with Crippen LogP contribution in [0.25, 0.3) is 0 Å². The van der Waals surface area contributed by atoms with Crippen molar-refractivity contribution in [3.63, 3.8) is 0 Å². The van der Waals surface area contributed by atoms with E-state index in [-0.39, 0.29) is 12.8 Å². The van der Waals surface area contributed by atoms with Crippen molar-refractivity contribution in [1.82, 2.24) is 10.2 Å². The predicted molar refractivity (Wildman–Crippen MR) is 108 cm³/mol. The minimum atomic E-state index is 0.257. The molecule has 1 saturated heterocycles. The minimum Gasteiger partial charge on any atom is -0.486 e. The Hall–Kier alpha value is -2.67. The van der Waals surface area contributed by atoms with Gasteiger partial charge in [0.25, 0.3) is 0 Å². The van der Waals surface area contributed by atoms with Gasteiger partial charge in [-0.25, -0.2) is 0 Å². The lowest BCUT2D eigenvalue weighted by atomic mass is 10.0. The van der Waals surface area contributed by atoms with Crippen LogP contribution in [0.15, 0.2) is 36.4 Å². The number of likely N-dealkylation sites (tertiary alicyclic amines) is 1. The van der Waals surface area contributed by atoms with E-state index in [2.05, 4.69) is 22.3 Å². The molecule has 28 heavy (non-hydrogen) atoms. The van der Waals surface area contributed by atoms with Crippen LogP contribution in [0.1, 0.15) is 30.0 Å². The van der Waals surface area contributed by atoms with Gasteiger partial charge in [-0.3, -0.25) is 0 Å². The van der Waals surface area contributed by atoms with Crippen LogP contribution in [0.4, 0.5) is 0 Å². The highest BCUT2D eigenvalue weighted by atomic mass is 32.1. The fourth-order valence-corrected chi connectivity index (χ4v) is 4.24. The van der Waals surface area contributed by atoms with E-state index in [4.69, 9.17) is 31.2 Å². The molecule has 0 radical (unpaired) electrons. The molecule has 0 amide bonds. The lowest BCUT2D eigenvalue weighted by Gasteiger charge is -2.29. The maximum absolute atomic E-state index is 5.75. The van der Waals surface area contributed by atoms with Gasteiger partial charge in [-0.15, -0.1) is 0 Å². The molecule has 146 valence electrons. The number of fused-ring (bicyclic) bond motifs is 2. The highest BCUT2D eigenvalue weighted by Crippen LogP contribution is 2.38. The first-order chi connectivity index (χ1) is 13.8. The van der Waals surface area contributed by atoms with Crippen LogP contribution in [-0.4, -0.2) is 36.6 Å². The van der Waals surface area contributed by atoms with E-state index in [1.54, 1.807) is 0 Å². The van der Waals surface area contributed by atoms with Crippen molar-refractivity contribution in [1.29, 1.82) is 0 Å². The van der Waals surface area contributed by atoms with Gasteiger partial charge in [-0.2, -0.15) is 0 Å². The summed E-state index contributed by atoms with van der Waals surface area (Å²) in [7, 11) is 0. The van der Waals surface area contributed by atoms with Crippen LogP contribution in [0.3, 0.4) is 0 Å². The summed E-state index contributed by atoms with van der Waals surface area (Å²) in [4.78, 5) is 2.27. The molecule has 1 fully saturated rings. The lowest BCUT2D eigenvalue weighted by Crippen LogP contribution is -2.38. The van der Waals surface area contributed by atoms with Crippen molar-refractivity contribution < 1.29 is 18.9 Å². The Bertz CT molecular complexity index is 904. The first kappa shape index (κ1) is 17.4. The fraction of sp³-hybridized carbons (Fsp3) is 0.381. The highest BCUT2D eigenvalue weighted by molar-refractivity contribution is 7.80. The third-order valence-corrected chi connectivity index (χ3v) is 5.72. The molecule has 3 aliphatic rings. The van der Waals surface area contributed by atoms with Crippen molar-refractivity contribution in [2.45, 2.75) is 25.4 Å². The van der Waals surface area contributed by atoms with Crippen molar-refractivity contribution in [3.05, 3.63) is 47.5 Å². The number of rotatable bonds is 3. The SMILES string of the molecule is S=C(NCc1ccc2c(c1)OCO2)N1CCC[C@@H]1c1ccc2c(c1)OCCO2. The van der Waals surface area contributed by atoms with E-state index in [1.807, 2.05) is 24.3 Å². The van der Waals surface area contributed by atoms with E-state index in [0.29, 0.717) is 19.8 Å². The van der Waals surface area contributed by atoms with Gasteiger partial charge in [0.05, 0.1) is 6.04 Å². The van der Waals surface area contributed by atoms with Crippen molar-refractivity contribution >= 4 is 17.3 Å². The maximum atomic E-state index is 5.75. The Morgan fingerprint density at radius 2 is 1.71 bits per heavy atom. The van der Waals surface area contributed by atoms with Gasteiger partial charge in [0.1, 0.15) is 13.2 Å². The molecule has 0 aromatic heterocycles. The van der Waals surface area contributed by atoms with Gasteiger partial charge in [-0.05, 0) is 60.5 Å². The summed E-state index contributed by atoms with van der Waals surface area (Å²) in [6, 6.07) is 12.5. The smallest absolute Gasteiger partial charge is 0.231 e. The summed E-state index contributed by atoms with van der Waals surface area (Å²) in [6.45, 7) is 3.09. The summed E-state index contributed by atoms with van der Waals surface area (Å²) in [5.41, 5.74) is 2.33. The molecule has 0 aliphatic carbocycles. The number of benzene rings is 2. The Morgan fingerprint density at radius 1 is 0.964 bits per heavy atom. The standard InChI is InChI=1S/C21H22N2O4S/c28-21(22-12-14-3-5-18-19(10-14)27-13-26-18)23-7-1-2-16(23)15-4-6-17-20(11-15)25-9-8-24-17/h3-6,10-11,16H,1-2,7-9,12-13H2,(H,22,28)/t16-/m1/s1. The molecule has 6 nitrogen and oxygen atoms in total. The molecule has 2 aromatic carbocycles. The van der Waals surface area contributed by atoms with Crippen molar-refractivity contribution in [2.75, 3.05) is 26.6 Å². The summed E-state index contributed by atoms with van der Waals surface area (Å²) in [6.07, 6.45) is 2.19. The summed E-state index contributed by atoms with van der Waals surface area (Å²) < 4.78 is 22.2. The van der Waals surface area contributed by atoms with E-state index in [1.165, 1.54) is 5.56 Å². The third-order valence-electron chi connectivity index (χ3n) is 5.35. The van der Waals surface area contributed by atoms with E-state index >= 15 is 0 Å². The summed E-state index contributed by atoms with van der Waals surface area (Å²) in [5, 5.41) is 4.17. The van der Waals surface area contributed by atoms with Crippen LogP contribution in [0.2, 0.25) is 0 Å². The molecule has 1 atom stereocenters. The molecule has 2 aromatic rings. The minimum absolute atomic E-state index is 0.257. The number of nitrogens with zero attached hydrogens (tertiary/aromatic N) is 1. The van der Waals surface area contributed by atoms with E-state index in [0.717, 1.165) is 53.1 Å². The molecule has 0 spiro atoms. The van der Waals surface area contributed by atoms with Crippen molar-refractivity contribution in [2.24, 2.45) is 0 Å². The maximum Gasteiger partial charge on any atom is 0.231 e. The monoisotopic (exact) mass is 398 g/mol. The van der Waals surface area contributed by atoms with Gasteiger partial charge < -0.3 is 29.2 Å².